The third-order valence-corrected chi connectivity index (χ3v) is 3.57. The van der Waals surface area contributed by atoms with Crippen LogP contribution >= 0.6 is 15.9 Å². The van der Waals surface area contributed by atoms with Gasteiger partial charge in [-0.25, -0.2) is 14.1 Å². The molecule has 1 heterocycles. The molecule has 0 saturated carbocycles. The van der Waals surface area contributed by atoms with E-state index >= 15 is 0 Å². The lowest BCUT2D eigenvalue weighted by Gasteiger charge is -2.17. The van der Waals surface area contributed by atoms with Crippen LogP contribution in [-0.4, -0.2) is 14.8 Å². The van der Waals surface area contributed by atoms with Crippen LogP contribution in [0.2, 0.25) is 0 Å². The fourth-order valence-electron chi connectivity index (χ4n) is 2.18. The predicted octanol–water partition coefficient (Wildman–Crippen LogP) is 2.58. The zero-order valence-corrected chi connectivity index (χ0v) is 13.6. The lowest BCUT2D eigenvalue weighted by molar-refractivity contribution is 0.446. The minimum absolute atomic E-state index is 0.230. The average Bonchev–Trinajstić information content (AvgIpc) is 2.81. The van der Waals surface area contributed by atoms with Gasteiger partial charge in [0.15, 0.2) is 0 Å². The highest BCUT2D eigenvalue weighted by Gasteiger charge is 2.16. The summed E-state index contributed by atoms with van der Waals surface area (Å²) < 4.78 is 16.1. The SMILES string of the molecule is CC(C)Cn1ncnc1CC(NN)c1cc(F)cc(Br)c1. The predicted molar refractivity (Wildman–Crippen MR) is 82.7 cm³/mol. The Balaban J connectivity index is 2.21. The Bertz CT molecular complexity index is 579. The highest BCUT2D eigenvalue weighted by molar-refractivity contribution is 9.10. The van der Waals surface area contributed by atoms with Crippen molar-refractivity contribution in [2.24, 2.45) is 11.8 Å². The second-order valence-corrected chi connectivity index (χ2v) is 6.29. The third-order valence-electron chi connectivity index (χ3n) is 3.11. The Morgan fingerprint density at radius 2 is 2.14 bits per heavy atom. The van der Waals surface area contributed by atoms with E-state index in [0.717, 1.165) is 17.9 Å². The molecule has 0 spiro atoms. The van der Waals surface area contributed by atoms with Crippen LogP contribution in [0.15, 0.2) is 29.0 Å². The molecule has 1 atom stereocenters. The molecule has 0 amide bonds. The number of nitrogens with two attached hydrogens (primary N) is 1. The molecule has 5 nitrogen and oxygen atoms in total. The number of halogens is 2. The quantitative estimate of drug-likeness (QED) is 0.617. The van der Waals surface area contributed by atoms with E-state index in [0.29, 0.717) is 16.8 Å². The second kappa shape index (κ2) is 7.11. The van der Waals surface area contributed by atoms with Crippen LogP contribution in [0.3, 0.4) is 0 Å². The first kappa shape index (κ1) is 16.1. The van der Waals surface area contributed by atoms with Crippen LogP contribution in [-0.2, 0) is 13.0 Å². The highest BCUT2D eigenvalue weighted by atomic mass is 79.9. The number of aromatic nitrogens is 3. The standard InChI is InChI=1S/C14H19BrFN5/c1-9(2)7-21-14(18-8-19-21)6-13(20-17)10-3-11(15)5-12(16)4-10/h3-5,8-9,13,20H,6-7,17H2,1-2H3. The topological polar surface area (TPSA) is 68.8 Å². The first-order valence-electron chi connectivity index (χ1n) is 6.78. The smallest absolute Gasteiger partial charge is 0.138 e. The Hall–Kier alpha value is -1.31. The van der Waals surface area contributed by atoms with E-state index in [1.54, 1.807) is 0 Å². The molecule has 21 heavy (non-hydrogen) atoms. The van der Waals surface area contributed by atoms with Gasteiger partial charge in [-0.2, -0.15) is 5.10 Å². The van der Waals surface area contributed by atoms with E-state index in [-0.39, 0.29) is 11.9 Å². The fourth-order valence-corrected chi connectivity index (χ4v) is 2.66. The summed E-state index contributed by atoms with van der Waals surface area (Å²) in [5, 5.41) is 4.23. The maximum Gasteiger partial charge on any atom is 0.138 e. The van der Waals surface area contributed by atoms with Crippen LogP contribution in [0.4, 0.5) is 4.39 Å². The summed E-state index contributed by atoms with van der Waals surface area (Å²) in [5.41, 5.74) is 3.49. The molecule has 7 heteroatoms. The molecule has 0 aliphatic carbocycles. The van der Waals surface area contributed by atoms with Gasteiger partial charge in [-0.05, 0) is 29.7 Å². The number of hydrazine groups is 1. The Morgan fingerprint density at radius 3 is 2.76 bits per heavy atom. The van der Waals surface area contributed by atoms with Crippen LogP contribution in [0.25, 0.3) is 0 Å². The van der Waals surface area contributed by atoms with Crippen molar-refractivity contribution in [2.45, 2.75) is 32.9 Å². The summed E-state index contributed by atoms with van der Waals surface area (Å²) in [6.07, 6.45) is 2.08. The van der Waals surface area contributed by atoms with Gasteiger partial charge in [0, 0.05) is 17.4 Å². The van der Waals surface area contributed by atoms with E-state index in [4.69, 9.17) is 5.84 Å². The monoisotopic (exact) mass is 355 g/mol. The van der Waals surface area contributed by atoms with Gasteiger partial charge < -0.3 is 0 Å². The maximum atomic E-state index is 13.5. The number of nitrogens with zero attached hydrogens (tertiary/aromatic N) is 3. The first-order valence-corrected chi connectivity index (χ1v) is 7.57. The highest BCUT2D eigenvalue weighted by Crippen LogP contribution is 2.22. The maximum absolute atomic E-state index is 13.5. The van der Waals surface area contributed by atoms with E-state index in [1.165, 1.54) is 18.5 Å². The van der Waals surface area contributed by atoms with Gasteiger partial charge in [-0.3, -0.25) is 11.3 Å². The van der Waals surface area contributed by atoms with Crippen LogP contribution in [0.5, 0.6) is 0 Å². The molecule has 0 saturated heterocycles. The van der Waals surface area contributed by atoms with Crippen molar-refractivity contribution in [3.63, 3.8) is 0 Å². The number of rotatable bonds is 6. The fraction of sp³-hybridized carbons (Fsp3) is 0.429. The van der Waals surface area contributed by atoms with Gasteiger partial charge in [0.1, 0.15) is 18.0 Å². The van der Waals surface area contributed by atoms with Crippen LogP contribution in [0.1, 0.15) is 31.3 Å². The molecule has 114 valence electrons. The summed E-state index contributed by atoms with van der Waals surface area (Å²) >= 11 is 3.29. The third kappa shape index (κ3) is 4.33. The molecule has 0 aliphatic heterocycles. The molecule has 0 aliphatic rings. The second-order valence-electron chi connectivity index (χ2n) is 5.38. The lowest BCUT2D eigenvalue weighted by atomic mass is 10.0. The molecule has 0 bridgehead atoms. The van der Waals surface area contributed by atoms with Crippen molar-refractivity contribution >= 4 is 15.9 Å². The van der Waals surface area contributed by atoms with E-state index in [2.05, 4.69) is 45.3 Å². The first-order chi connectivity index (χ1) is 9.99. The molecule has 1 aromatic heterocycles. The van der Waals surface area contributed by atoms with Crippen molar-refractivity contribution in [3.8, 4) is 0 Å². The lowest BCUT2D eigenvalue weighted by Crippen LogP contribution is -2.30. The molecular weight excluding hydrogens is 337 g/mol. The molecule has 2 aromatic rings. The molecule has 2 rings (SSSR count). The number of hydrogen-bond acceptors (Lipinski definition) is 4. The van der Waals surface area contributed by atoms with Gasteiger partial charge in [-0.1, -0.05) is 29.8 Å². The normalized spacial score (nSPS) is 12.9. The van der Waals surface area contributed by atoms with Gasteiger partial charge in [0.05, 0.1) is 6.04 Å². The summed E-state index contributed by atoms with van der Waals surface area (Å²) in [7, 11) is 0. The average molecular weight is 356 g/mol. The van der Waals surface area contributed by atoms with Crippen molar-refractivity contribution in [1.82, 2.24) is 20.2 Å². The van der Waals surface area contributed by atoms with Gasteiger partial charge in [0.25, 0.3) is 0 Å². The van der Waals surface area contributed by atoms with Crippen molar-refractivity contribution in [2.75, 3.05) is 0 Å². The largest absolute Gasteiger partial charge is 0.271 e. The summed E-state index contributed by atoms with van der Waals surface area (Å²) in [5.74, 6) is 6.62. The zero-order valence-electron chi connectivity index (χ0n) is 12.1. The Morgan fingerprint density at radius 1 is 1.38 bits per heavy atom. The minimum Gasteiger partial charge on any atom is -0.271 e. The number of benzene rings is 1. The molecule has 3 N–H and O–H groups in total. The molecule has 0 fully saturated rings. The summed E-state index contributed by atoms with van der Waals surface area (Å²) in [4.78, 5) is 4.28. The van der Waals surface area contributed by atoms with Crippen LogP contribution in [0, 0.1) is 11.7 Å². The van der Waals surface area contributed by atoms with Gasteiger partial charge in [-0.15, -0.1) is 0 Å². The number of nitrogens with one attached hydrogen (secondary N) is 1. The molecule has 0 radical (unpaired) electrons. The van der Waals surface area contributed by atoms with Crippen LogP contribution < -0.4 is 11.3 Å². The van der Waals surface area contributed by atoms with Gasteiger partial charge in [0.2, 0.25) is 0 Å². The molecule has 1 unspecified atom stereocenters. The Kier molecular flexibility index (Phi) is 5.44. The summed E-state index contributed by atoms with van der Waals surface area (Å²) in [6.45, 7) is 5.03. The van der Waals surface area contributed by atoms with Crippen molar-refractivity contribution < 1.29 is 4.39 Å². The summed E-state index contributed by atoms with van der Waals surface area (Å²) in [6, 6.07) is 4.50. The van der Waals surface area contributed by atoms with Crippen molar-refractivity contribution in [1.29, 1.82) is 0 Å². The number of hydrogen-bond donors (Lipinski definition) is 2. The Labute approximate surface area is 131 Å². The van der Waals surface area contributed by atoms with E-state index in [1.807, 2.05) is 10.7 Å². The van der Waals surface area contributed by atoms with E-state index in [9.17, 15) is 4.39 Å². The van der Waals surface area contributed by atoms with Gasteiger partial charge >= 0.3 is 0 Å². The molecule has 1 aromatic carbocycles. The van der Waals surface area contributed by atoms with E-state index < -0.39 is 0 Å². The minimum atomic E-state index is -0.303. The zero-order chi connectivity index (χ0) is 15.4. The van der Waals surface area contributed by atoms with Crippen molar-refractivity contribution in [3.05, 3.63) is 46.2 Å². The molecular formula is C14H19BrFN5.